The molecule has 0 saturated carbocycles. The van der Waals surface area contributed by atoms with Gasteiger partial charge in [-0.1, -0.05) is 72.4 Å². The number of benzene rings is 3. The molecular weight excluding hydrogens is 566 g/mol. The number of aromatic nitrogens is 2. The van der Waals surface area contributed by atoms with E-state index in [-0.39, 0.29) is 23.8 Å². The second kappa shape index (κ2) is 12.9. The highest BCUT2D eigenvalue weighted by Crippen LogP contribution is 2.35. The van der Waals surface area contributed by atoms with Crippen molar-refractivity contribution in [3.8, 4) is 0 Å². The van der Waals surface area contributed by atoms with Crippen LogP contribution in [0.15, 0.2) is 94.9 Å². The summed E-state index contributed by atoms with van der Waals surface area (Å²) in [5.74, 6) is -0.0929. The average molecular weight is 596 g/mol. The number of rotatable bonds is 6. The van der Waals surface area contributed by atoms with Crippen LogP contribution in [0.5, 0.6) is 0 Å². The summed E-state index contributed by atoms with van der Waals surface area (Å²) < 4.78 is 54.5. The number of hydrogen-bond donors (Lipinski definition) is 0. The van der Waals surface area contributed by atoms with Gasteiger partial charge in [-0.3, -0.25) is 9.59 Å². The number of fused-ring (bicyclic) bond motifs is 1. The van der Waals surface area contributed by atoms with Gasteiger partial charge in [0, 0.05) is 30.1 Å². The summed E-state index contributed by atoms with van der Waals surface area (Å²) in [6.07, 6.45) is -1.91. The molecule has 1 fully saturated rings. The number of amides is 1. The van der Waals surface area contributed by atoms with Crippen LogP contribution in [0.3, 0.4) is 0 Å². The molecule has 2 heterocycles. The number of hydrogen-bond acceptors (Lipinski definition) is 4. The third-order valence-electron chi connectivity index (χ3n) is 7.30. The van der Waals surface area contributed by atoms with Gasteiger partial charge in [-0.05, 0) is 61.1 Å². The van der Waals surface area contributed by atoms with Crippen molar-refractivity contribution in [3.63, 3.8) is 0 Å². The molecule has 1 atom stereocenters. The fourth-order valence-corrected chi connectivity index (χ4v) is 6.28. The van der Waals surface area contributed by atoms with Crippen molar-refractivity contribution in [2.75, 3.05) is 6.54 Å². The van der Waals surface area contributed by atoms with Crippen LogP contribution in [0.25, 0.3) is 0 Å². The number of thioether (sulfide) groups is 1. The third kappa shape index (κ3) is 6.92. The van der Waals surface area contributed by atoms with E-state index in [0.717, 1.165) is 29.8 Å². The molecule has 4 aromatic rings. The van der Waals surface area contributed by atoms with Crippen molar-refractivity contribution >= 4 is 17.7 Å². The lowest BCUT2D eigenvalue weighted by Gasteiger charge is -2.23. The number of alkyl halides is 3. The standard InChI is InChI=1S/C26H23F4N3O2S.C6H6/c27-19-9-7-16(8-10-19)15-36-25-31-23(34)20-5-2-6-21(20)33(25)22-11-12-32(24(22)35)14-17-3-1-4-18(13-17)26(28,29)30;1-2-4-6-5-3-1/h1,3-4,7-10,13,22H,2,5-6,11-12,14-15H2;1-6H. The average Bonchev–Trinajstić information content (AvgIpc) is 3.62. The molecule has 5 nitrogen and oxygen atoms in total. The van der Waals surface area contributed by atoms with Crippen LogP contribution >= 0.6 is 11.8 Å². The van der Waals surface area contributed by atoms with Crippen LogP contribution < -0.4 is 5.56 Å². The number of carbonyl (C=O) groups is 1. The van der Waals surface area contributed by atoms with Gasteiger partial charge in [-0.2, -0.15) is 18.2 Å². The molecule has 1 amide bonds. The van der Waals surface area contributed by atoms with Crippen molar-refractivity contribution < 1.29 is 22.4 Å². The molecule has 0 N–H and O–H groups in total. The second-order valence-electron chi connectivity index (χ2n) is 10.2. The van der Waals surface area contributed by atoms with Crippen LogP contribution in [0, 0.1) is 5.82 Å². The summed E-state index contributed by atoms with van der Waals surface area (Å²) in [5.41, 5.74) is 1.68. The van der Waals surface area contributed by atoms with Crippen LogP contribution in [0.1, 0.15) is 46.8 Å². The molecular formula is C32H29F4N3O2S. The monoisotopic (exact) mass is 595 g/mol. The van der Waals surface area contributed by atoms with Crippen LogP contribution in [-0.2, 0) is 36.1 Å². The highest BCUT2D eigenvalue weighted by molar-refractivity contribution is 7.98. The van der Waals surface area contributed by atoms with Gasteiger partial charge in [-0.25, -0.2) is 4.39 Å². The Morgan fingerprint density at radius 1 is 0.881 bits per heavy atom. The van der Waals surface area contributed by atoms with E-state index in [1.165, 1.54) is 30.0 Å². The first-order valence-corrected chi connectivity index (χ1v) is 14.7. The Balaban J connectivity index is 0.000000524. The number of likely N-dealkylation sites (tertiary alicyclic amines) is 1. The van der Waals surface area contributed by atoms with Crippen LogP contribution in [0.4, 0.5) is 17.6 Å². The highest BCUT2D eigenvalue weighted by atomic mass is 32.2. The van der Waals surface area contributed by atoms with Crippen molar-refractivity contribution in [3.05, 3.63) is 129 Å². The minimum Gasteiger partial charge on any atom is -0.336 e. The Kier molecular flexibility index (Phi) is 9.11. The maximum Gasteiger partial charge on any atom is 0.416 e. The summed E-state index contributed by atoms with van der Waals surface area (Å²) in [7, 11) is 0. The van der Waals surface area contributed by atoms with Gasteiger partial charge in [0.05, 0.1) is 5.56 Å². The van der Waals surface area contributed by atoms with Gasteiger partial charge >= 0.3 is 6.18 Å². The number of carbonyl (C=O) groups excluding carboxylic acids is 1. The Labute approximate surface area is 245 Å². The lowest BCUT2D eigenvalue weighted by molar-refractivity contribution is -0.137. The number of halogens is 4. The first-order chi connectivity index (χ1) is 20.2. The smallest absolute Gasteiger partial charge is 0.336 e. The van der Waals surface area contributed by atoms with Crippen LogP contribution in [0.2, 0.25) is 0 Å². The molecule has 42 heavy (non-hydrogen) atoms. The Morgan fingerprint density at radius 3 is 2.24 bits per heavy atom. The Bertz CT molecular complexity index is 1560. The summed E-state index contributed by atoms with van der Waals surface area (Å²) in [6, 6.07) is 22.5. The zero-order valence-electron chi connectivity index (χ0n) is 22.7. The molecule has 6 rings (SSSR count). The topological polar surface area (TPSA) is 55.2 Å². The minimum atomic E-state index is -4.45. The summed E-state index contributed by atoms with van der Waals surface area (Å²) >= 11 is 1.32. The van der Waals surface area contributed by atoms with Crippen molar-refractivity contribution in [2.24, 2.45) is 0 Å². The van der Waals surface area contributed by atoms with E-state index < -0.39 is 17.8 Å². The molecule has 3 aromatic carbocycles. The van der Waals surface area contributed by atoms with E-state index in [1.807, 2.05) is 41.0 Å². The third-order valence-corrected chi connectivity index (χ3v) is 8.32. The second-order valence-corrected chi connectivity index (χ2v) is 11.1. The molecule has 0 radical (unpaired) electrons. The lowest BCUT2D eigenvalue weighted by atomic mass is 10.1. The molecule has 2 aliphatic rings. The predicted octanol–water partition coefficient (Wildman–Crippen LogP) is 6.84. The number of nitrogens with zero attached hydrogens (tertiary/aromatic N) is 3. The van der Waals surface area contributed by atoms with E-state index in [2.05, 4.69) is 4.98 Å². The van der Waals surface area contributed by atoms with E-state index in [9.17, 15) is 27.2 Å². The zero-order chi connectivity index (χ0) is 29.7. The Hall–Kier alpha value is -3.92. The molecule has 0 spiro atoms. The molecule has 1 aliphatic carbocycles. The molecule has 218 valence electrons. The van der Waals surface area contributed by atoms with Crippen molar-refractivity contribution in [2.45, 2.75) is 55.4 Å². The summed E-state index contributed by atoms with van der Waals surface area (Å²) in [4.78, 5) is 32.0. The van der Waals surface area contributed by atoms with E-state index in [0.29, 0.717) is 47.8 Å². The van der Waals surface area contributed by atoms with Gasteiger partial charge in [0.2, 0.25) is 5.91 Å². The van der Waals surface area contributed by atoms with Crippen molar-refractivity contribution in [1.29, 1.82) is 0 Å². The maximum absolute atomic E-state index is 13.5. The predicted molar refractivity (Wildman–Crippen MR) is 153 cm³/mol. The Morgan fingerprint density at radius 2 is 1.57 bits per heavy atom. The largest absolute Gasteiger partial charge is 0.416 e. The normalized spacial score (nSPS) is 16.2. The lowest BCUT2D eigenvalue weighted by Crippen LogP contribution is -2.31. The molecule has 1 aromatic heterocycles. The molecule has 1 saturated heterocycles. The molecule has 0 bridgehead atoms. The van der Waals surface area contributed by atoms with Gasteiger partial charge in [0.25, 0.3) is 5.56 Å². The van der Waals surface area contributed by atoms with E-state index in [1.54, 1.807) is 23.1 Å². The van der Waals surface area contributed by atoms with Crippen molar-refractivity contribution in [1.82, 2.24) is 14.5 Å². The zero-order valence-corrected chi connectivity index (χ0v) is 23.5. The first kappa shape index (κ1) is 29.6. The van der Waals surface area contributed by atoms with Gasteiger partial charge < -0.3 is 9.47 Å². The summed E-state index contributed by atoms with van der Waals surface area (Å²) in [6.45, 7) is 0.468. The van der Waals surface area contributed by atoms with E-state index >= 15 is 0 Å². The van der Waals surface area contributed by atoms with Crippen LogP contribution in [-0.4, -0.2) is 26.9 Å². The highest BCUT2D eigenvalue weighted by Gasteiger charge is 2.37. The summed E-state index contributed by atoms with van der Waals surface area (Å²) in [5, 5.41) is 0.434. The molecule has 1 aliphatic heterocycles. The SMILES string of the molecule is O=C1C(n2c(SCc3ccc(F)cc3)nc(=O)c3c2CCC3)CCN1Cc1cccc(C(F)(F)F)c1.c1ccccc1. The van der Waals surface area contributed by atoms with Gasteiger partial charge in [0.15, 0.2) is 5.16 Å². The fraction of sp³-hybridized carbons (Fsp3) is 0.281. The maximum atomic E-state index is 13.5. The van der Waals surface area contributed by atoms with Gasteiger partial charge in [-0.15, -0.1) is 0 Å². The molecule has 1 unspecified atom stereocenters. The molecule has 10 heteroatoms. The van der Waals surface area contributed by atoms with E-state index in [4.69, 9.17) is 0 Å². The quantitative estimate of drug-likeness (QED) is 0.139. The minimum absolute atomic E-state index is 0.0765. The van der Waals surface area contributed by atoms with Gasteiger partial charge in [0.1, 0.15) is 11.9 Å². The fourth-order valence-electron chi connectivity index (χ4n) is 5.27. The first-order valence-electron chi connectivity index (χ1n) is 13.7.